The van der Waals surface area contributed by atoms with Crippen molar-refractivity contribution in [1.82, 2.24) is 9.29 Å². The van der Waals surface area contributed by atoms with E-state index in [1.165, 1.54) is 10.8 Å². The number of aromatic carboxylic acids is 1. The Balaban J connectivity index is 3.04. The molecule has 0 aromatic carbocycles. The van der Waals surface area contributed by atoms with Gasteiger partial charge in [-0.05, 0) is 12.5 Å². The lowest BCUT2D eigenvalue weighted by Crippen LogP contribution is -2.24. The number of aromatic nitrogens is 1. The van der Waals surface area contributed by atoms with Gasteiger partial charge in [0.1, 0.15) is 10.6 Å². The number of carboxylic acids is 1. The maximum absolute atomic E-state index is 11.9. The van der Waals surface area contributed by atoms with Gasteiger partial charge >= 0.3 is 5.97 Å². The summed E-state index contributed by atoms with van der Waals surface area (Å²) in [6.45, 7) is 2.45. The summed E-state index contributed by atoms with van der Waals surface area (Å²) < 4.78 is 27.6. The molecule has 0 atom stereocenters. The van der Waals surface area contributed by atoms with Gasteiger partial charge in [-0.1, -0.05) is 6.92 Å². The molecule has 7 heteroatoms. The van der Waals surface area contributed by atoms with Crippen LogP contribution in [0.5, 0.6) is 0 Å². The molecule has 0 amide bonds. The van der Waals surface area contributed by atoms with Crippen molar-refractivity contribution in [2.45, 2.75) is 31.2 Å². The number of nitrogens with zero attached hydrogens (tertiary/aromatic N) is 1. The third-order valence-electron chi connectivity index (χ3n) is 2.43. The fourth-order valence-corrected chi connectivity index (χ4v) is 2.65. The number of rotatable bonds is 7. The predicted molar refractivity (Wildman–Crippen MR) is 70.3 cm³/mol. The minimum Gasteiger partial charge on any atom is -0.477 e. The van der Waals surface area contributed by atoms with Crippen molar-refractivity contribution in [3.05, 3.63) is 18.0 Å². The van der Waals surface area contributed by atoms with Crippen LogP contribution in [0, 0.1) is 12.3 Å². The van der Waals surface area contributed by atoms with Gasteiger partial charge in [-0.2, -0.15) is 0 Å². The molecule has 6 nitrogen and oxygen atoms in total. The first-order valence-corrected chi connectivity index (χ1v) is 7.27. The molecule has 0 fully saturated rings. The Kier molecular flexibility index (Phi) is 5.15. The first-order valence-electron chi connectivity index (χ1n) is 5.79. The second-order valence-electron chi connectivity index (χ2n) is 3.91. The standard InChI is InChI=1S/C12H16N2O4S/c1-3-5-6-13-19(17,18)10-8-11(12(15)16)14(9-10)7-4-2/h1,8-9,13H,4-7H2,2H3,(H,15,16). The van der Waals surface area contributed by atoms with E-state index in [9.17, 15) is 13.2 Å². The van der Waals surface area contributed by atoms with Crippen LogP contribution in [0.2, 0.25) is 0 Å². The summed E-state index contributed by atoms with van der Waals surface area (Å²) in [5.41, 5.74) is -0.0424. The number of hydrogen-bond donors (Lipinski definition) is 2. The summed E-state index contributed by atoms with van der Waals surface area (Å²) in [5.74, 6) is 1.17. The molecular weight excluding hydrogens is 268 g/mol. The lowest BCUT2D eigenvalue weighted by atomic mass is 10.4. The Morgan fingerprint density at radius 1 is 1.58 bits per heavy atom. The van der Waals surface area contributed by atoms with Crippen LogP contribution in [0.3, 0.4) is 0 Å². The lowest BCUT2D eigenvalue weighted by Gasteiger charge is -2.03. The average molecular weight is 284 g/mol. The van der Waals surface area contributed by atoms with Crippen molar-refractivity contribution in [3.63, 3.8) is 0 Å². The van der Waals surface area contributed by atoms with E-state index in [2.05, 4.69) is 10.6 Å². The summed E-state index contributed by atoms with van der Waals surface area (Å²) >= 11 is 0. The van der Waals surface area contributed by atoms with E-state index >= 15 is 0 Å². The van der Waals surface area contributed by atoms with E-state index in [1.54, 1.807) is 0 Å². The topological polar surface area (TPSA) is 88.4 Å². The van der Waals surface area contributed by atoms with E-state index in [-0.39, 0.29) is 23.6 Å². The molecule has 0 spiro atoms. The third kappa shape index (κ3) is 3.84. The molecule has 0 saturated heterocycles. The molecule has 1 rings (SSSR count). The Morgan fingerprint density at radius 3 is 2.79 bits per heavy atom. The van der Waals surface area contributed by atoms with Crippen LogP contribution < -0.4 is 4.72 Å². The second-order valence-corrected chi connectivity index (χ2v) is 5.68. The quantitative estimate of drug-likeness (QED) is 0.575. The molecule has 0 aliphatic rings. The van der Waals surface area contributed by atoms with E-state index in [1.807, 2.05) is 6.92 Å². The smallest absolute Gasteiger partial charge is 0.352 e. The molecule has 0 unspecified atom stereocenters. The fourth-order valence-electron chi connectivity index (χ4n) is 1.58. The van der Waals surface area contributed by atoms with Crippen molar-refractivity contribution >= 4 is 16.0 Å². The largest absolute Gasteiger partial charge is 0.477 e. The minimum absolute atomic E-state index is 0.0424. The van der Waals surface area contributed by atoms with Crippen LogP contribution in [0.25, 0.3) is 0 Å². The van der Waals surface area contributed by atoms with Gasteiger partial charge in [-0.3, -0.25) is 0 Å². The number of hydrogen-bond acceptors (Lipinski definition) is 3. The van der Waals surface area contributed by atoms with Crippen LogP contribution in [-0.2, 0) is 16.6 Å². The molecule has 0 radical (unpaired) electrons. The molecule has 0 bridgehead atoms. The second kappa shape index (κ2) is 6.41. The normalized spacial score (nSPS) is 11.2. The first-order chi connectivity index (χ1) is 8.92. The van der Waals surface area contributed by atoms with Crippen LogP contribution >= 0.6 is 0 Å². The van der Waals surface area contributed by atoms with E-state index in [4.69, 9.17) is 11.5 Å². The minimum atomic E-state index is -3.72. The average Bonchev–Trinajstić information content (AvgIpc) is 2.74. The highest BCUT2D eigenvalue weighted by Crippen LogP contribution is 2.15. The molecule has 1 aromatic heterocycles. The highest BCUT2D eigenvalue weighted by Gasteiger charge is 2.20. The first kappa shape index (κ1) is 15.3. The summed E-state index contributed by atoms with van der Waals surface area (Å²) in [7, 11) is -3.72. The van der Waals surface area contributed by atoms with Gasteiger partial charge < -0.3 is 9.67 Å². The zero-order valence-electron chi connectivity index (χ0n) is 10.6. The number of sulfonamides is 1. The zero-order valence-corrected chi connectivity index (χ0v) is 11.4. The van der Waals surface area contributed by atoms with Gasteiger partial charge in [0.25, 0.3) is 0 Å². The summed E-state index contributed by atoms with van der Waals surface area (Å²) in [5, 5.41) is 9.02. The summed E-state index contributed by atoms with van der Waals surface area (Å²) in [6, 6.07) is 1.15. The van der Waals surface area contributed by atoms with Crippen LogP contribution in [0.1, 0.15) is 30.3 Å². The molecular formula is C12H16N2O4S. The predicted octanol–water partition coefficient (Wildman–Crippen LogP) is 0.898. The van der Waals surface area contributed by atoms with Crippen LogP contribution in [0.15, 0.2) is 17.2 Å². The Bertz CT molecular complexity index is 596. The number of terminal acetylenes is 1. The Morgan fingerprint density at radius 2 is 2.26 bits per heavy atom. The number of nitrogens with one attached hydrogen (secondary N) is 1. The van der Waals surface area contributed by atoms with Gasteiger partial charge in [0.15, 0.2) is 0 Å². The SMILES string of the molecule is C#CCCNS(=O)(=O)c1cc(C(=O)O)n(CCC)c1. The fraction of sp³-hybridized carbons (Fsp3) is 0.417. The highest BCUT2D eigenvalue weighted by molar-refractivity contribution is 7.89. The van der Waals surface area contributed by atoms with Crippen LogP contribution in [-0.4, -0.2) is 30.6 Å². The molecule has 0 saturated carbocycles. The number of carbonyl (C=O) groups is 1. The molecule has 0 aliphatic carbocycles. The van der Waals surface area contributed by atoms with Crippen molar-refractivity contribution < 1.29 is 18.3 Å². The van der Waals surface area contributed by atoms with E-state index in [0.717, 1.165) is 6.07 Å². The van der Waals surface area contributed by atoms with Gasteiger partial charge in [0.05, 0.1) is 0 Å². The molecule has 0 aliphatic heterocycles. The van der Waals surface area contributed by atoms with Gasteiger partial charge in [0.2, 0.25) is 10.0 Å². The highest BCUT2D eigenvalue weighted by atomic mass is 32.2. The molecule has 1 aromatic rings. The monoisotopic (exact) mass is 284 g/mol. The molecule has 19 heavy (non-hydrogen) atoms. The van der Waals surface area contributed by atoms with Crippen molar-refractivity contribution in [1.29, 1.82) is 0 Å². The van der Waals surface area contributed by atoms with Gasteiger partial charge in [0, 0.05) is 25.7 Å². The van der Waals surface area contributed by atoms with Crippen LogP contribution in [0.4, 0.5) is 0 Å². The molecule has 2 N–H and O–H groups in total. The maximum Gasteiger partial charge on any atom is 0.352 e. The number of aryl methyl sites for hydroxylation is 1. The van der Waals surface area contributed by atoms with Crippen molar-refractivity contribution in [2.24, 2.45) is 0 Å². The Labute approximate surface area is 112 Å². The lowest BCUT2D eigenvalue weighted by molar-refractivity contribution is 0.0685. The van der Waals surface area contributed by atoms with Crippen molar-refractivity contribution in [3.8, 4) is 12.3 Å². The van der Waals surface area contributed by atoms with Gasteiger partial charge in [-0.25, -0.2) is 17.9 Å². The molecule has 1 heterocycles. The Hall–Kier alpha value is -1.78. The summed E-state index contributed by atoms with van der Waals surface area (Å²) in [4.78, 5) is 11.0. The van der Waals surface area contributed by atoms with E-state index in [0.29, 0.717) is 13.0 Å². The van der Waals surface area contributed by atoms with Gasteiger partial charge in [-0.15, -0.1) is 12.3 Å². The summed E-state index contributed by atoms with van der Waals surface area (Å²) in [6.07, 6.45) is 7.35. The molecule has 104 valence electrons. The third-order valence-corrected chi connectivity index (χ3v) is 3.85. The number of carboxylic acid groups (broad SMARTS) is 1. The maximum atomic E-state index is 11.9. The van der Waals surface area contributed by atoms with E-state index < -0.39 is 16.0 Å². The van der Waals surface area contributed by atoms with Crippen molar-refractivity contribution in [2.75, 3.05) is 6.54 Å². The zero-order chi connectivity index (χ0) is 14.5.